The highest BCUT2D eigenvalue weighted by Gasteiger charge is 2.03. The highest BCUT2D eigenvalue weighted by molar-refractivity contribution is 5.69. The highest BCUT2D eigenvalue weighted by Crippen LogP contribution is 2.05. The van der Waals surface area contributed by atoms with Gasteiger partial charge in [0, 0.05) is 12.5 Å². The molecule has 5 heteroatoms. The molecule has 1 aromatic rings. The van der Waals surface area contributed by atoms with Gasteiger partial charge in [0.25, 0.3) is 0 Å². The fourth-order valence-electron chi connectivity index (χ4n) is 0.922. The molecule has 0 saturated carbocycles. The summed E-state index contributed by atoms with van der Waals surface area (Å²) in [6, 6.07) is 3.48. The van der Waals surface area contributed by atoms with Gasteiger partial charge in [-0.25, -0.2) is 0 Å². The summed E-state index contributed by atoms with van der Waals surface area (Å²) >= 11 is 0. The zero-order valence-electron chi connectivity index (χ0n) is 8.19. The van der Waals surface area contributed by atoms with Crippen LogP contribution in [0.1, 0.15) is 12.1 Å². The molecule has 76 valence electrons. The summed E-state index contributed by atoms with van der Waals surface area (Å²) in [6.07, 6.45) is 0.848. The molecule has 5 nitrogen and oxygen atoms in total. The van der Waals surface area contributed by atoms with Crippen molar-refractivity contribution in [3.63, 3.8) is 0 Å². The molecule has 0 saturated heterocycles. The molecule has 0 aliphatic carbocycles. The largest absolute Gasteiger partial charge is 0.480 e. The summed E-state index contributed by atoms with van der Waals surface area (Å²) < 4.78 is 9.36. The number of aryl methyl sites for hydroxylation is 1. The number of hydrogen-bond donors (Lipinski definition) is 0. The minimum atomic E-state index is -0.248. The lowest BCUT2D eigenvalue weighted by Crippen LogP contribution is -2.03. The molecule has 0 N–H and O–H groups in total. The van der Waals surface area contributed by atoms with Gasteiger partial charge in [0.15, 0.2) is 0 Å². The van der Waals surface area contributed by atoms with E-state index in [-0.39, 0.29) is 5.97 Å². The molecule has 0 aliphatic rings. The third kappa shape index (κ3) is 3.01. The Labute approximate surface area is 82.1 Å². The lowest BCUT2D eigenvalue weighted by molar-refractivity contribution is -0.140. The lowest BCUT2D eigenvalue weighted by atomic mass is 10.2. The Hall–Kier alpha value is -1.65. The number of carbonyl (C=O) groups excluding carboxylic acids is 1. The van der Waals surface area contributed by atoms with Gasteiger partial charge in [-0.1, -0.05) is 0 Å². The van der Waals surface area contributed by atoms with E-state index in [1.165, 1.54) is 14.2 Å². The van der Waals surface area contributed by atoms with Crippen molar-refractivity contribution >= 4 is 5.97 Å². The van der Waals surface area contributed by atoms with Crippen LogP contribution in [0.25, 0.3) is 0 Å². The second-order valence-electron chi connectivity index (χ2n) is 2.64. The number of aromatic nitrogens is 2. The number of hydrogen-bond acceptors (Lipinski definition) is 5. The maximum absolute atomic E-state index is 10.8. The summed E-state index contributed by atoms with van der Waals surface area (Å²) in [5.74, 6) is 0.217. The zero-order chi connectivity index (χ0) is 10.4. The SMILES string of the molecule is COC(=O)CCc1ccc(OC)nn1. The number of ether oxygens (including phenoxy) is 2. The summed E-state index contributed by atoms with van der Waals surface area (Å²) in [7, 11) is 2.89. The number of nitrogens with zero attached hydrogens (tertiary/aromatic N) is 2. The second kappa shape index (κ2) is 5.16. The Morgan fingerprint density at radius 2 is 2.14 bits per heavy atom. The monoisotopic (exact) mass is 196 g/mol. The molecule has 0 radical (unpaired) electrons. The Bertz CT molecular complexity index is 297. The van der Waals surface area contributed by atoms with Crippen LogP contribution in [0.2, 0.25) is 0 Å². The van der Waals surface area contributed by atoms with E-state index in [1.807, 2.05) is 0 Å². The van der Waals surface area contributed by atoms with Gasteiger partial charge in [-0.3, -0.25) is 4.79 Å². The van der Waals surface area contributed by atoms with E-state index < -0.39 is 0 Å². The van der Waals surface area contributed by atoms with E-state index in [9.17, 15) is 4.79 Å². The minimum absolute atomic E-state index is 0.248. The molecule has 1 heterocycles. The van der Waals surface area contributed by atoms with E-state index in [4.69, 9.17) is 4.74 Å². The van der Waals surface area contributed by atoms with Crippen molar-refractivity contribution in [2.75, 3.05) is 14.2 Å². The molecule has 0 fully saturated rings. The van der Waals surface area contributed by atoms with E-state index in [0.29, 0.717) is 18.7 Å². The van der Waals surface area contributed by atoms with Gasteiger partial charge in [-0.2, -0.15) is 5.10 Å². The van der Waals surface area contributed by atoms with Crippen LogP contribution in [-0.2, 0) is 16.0 Å². The van der Waals surface area contributed by atoms with Gasteiger partial charge >= 0.3 is 5.97 Å². The average molecular weight is 196 g/mol. The first kappa shape index (κ1) is 10.4. The summed E-state index contributed by atoms with van der Waals surface area (Å²) in [5.41, 5.74) is 0.746. The molecule has 14 heavy (non-hydrogen) atoms. The smallest absolute Gasteiger partial charge is 0.305 e. The van der Waals surface area contributed by atoms with Gasteiger partial charge < -0.3 is 9.47 Å². The molecule has 0 atom stereocenters. The van der Waals surface area contributed by atoms with E-state index in [0.717, 1.165) is 5.69 Å². The normalized spacial score (nSPS) is 9.57. The van der Waals surface area contributed by atoms with Gasteiger partial charge in [0.05, 0.1) is 26.3 Å². The molecule has 0 aliphatic heterocycles. The third-order valence-electron chi connectivity index (χ3n) is 1.72. The zero-order valence-corrected chi connectivity index (χ0v) is 8.19. The van der Waals surface area contributed by atoms with Gasteiger partial charge in [-0.15, -0.1) is 5.10 Å². The quantitative estimate of drug-likeness (QED) is 0.659. The molecule has 1 rings (SSSR count). The van der Waals surface area contributed by atoms with E-state index in [1.54, 1.807) is 12.1 Å². The molecule has 0 amide bonds. The van der Waals surface area contributed by atoms with Crippen molar-refractivity contribution in [1.82, 2.24) is 10.2 Å². The second-order valence-corrected chi connectivity index (χ2v) is 2.64. The molecular formula is C9H12N2O3. The van der Waals surface area contributed by atoms with Crippen LogP contribution in [0.15, 0.2) is 12.1 Å². The molecule has 0 unspecified atom stereocenters. The maximum Gasteiger partial charge on any atom is 0.305 e. The van der Waals surface area contributed by atoms with Crippen molar-refractivity contribution in [1.29, 1.82) is 0 Å². The van der Waals surface area contributed by atoms with Crippen molar-refractivity contribution in [2.24, 2.45) is 0 Å². The predicted molar refractivity (Wildman–Crippen MR) is 48.9 cm³/mol. The first-order valence-corrected chi connectivity index (χ1v) is 4.19. The van der Waals surface area contributed by atoms with Crippen LogP contribution < -0.4 is 4.74 Å². The summed E-state index contributed by atoms with van der Waals surface area (Å²) in [4.78, 5) is 10.8. The fourth-order valence-corrected chi connectivity index (χ4v) is 0.922. The molecule has 1 aromatic heterocycles. The topological polar surface area (TPSA) is 61.3 Å². The van der Waals surface area contributed by atoms with Gasteiger partial charge in [0.2, 0.25) is 5.88 Å². The van der Waals surface area contributed by atoms with Gasteiger partial charge in [-0.05, 0) is 6.07 Å². The van der Waals surface area contributed by atoms with Crippen molar-refractivity contribution < 1.29 is 14.3 Å². The summed E-state index contributed by atoms with van der Waals surface area (Å²) in [5, 5.41) is 7.65. The lowest BCUT2D eigenvalue weighted by Gasteiger charge is -2.00. The Morgan fingerprint density at radius 1 is 1.36 bits per heavy atom. The molecular weight excluding hydrogens is 184 g/mol. The van der Waals surface area contributed by atoms with Crippen molar-refractivity contribution in [3.05, 3.63) is 17.8 Å². The number of rotatable bonds is 4. The van der Waals surface area contributed by atoms with Crippen LogP contribution >= 0.6 is 0 Å². The van der Waals surface area contributed by atoms with E-state index >= 15 is 0 Å². The third-order valence-corrected chi connectivity index (χ3v) is 1.72. The standard InChI is InChI=1S/C9H12N2O3/c1-13-8-5-3-7(10-11-8)4-6-9(12)14-2/h3,5H,4,6H2,1-2H3. The molecule has 0 aromatic carbocycles. The van der Waals surface area contributed by atoms with Crippen molar-refractivity contribution in [2.45, 2.75) is 12.8 Å². The van der Waals surface area contributed by atoms with Crippen LogP contribution in [0.3, 0.4) is 0 Å². The number of methoxy groups -OCH3 is 2. The first-order valence-electron chi connectivity index (χ1n) is 4.19. The molecule has 0 spiro atoms. The maximum atomic E-state index is 10.8. The van der Waals surface area contributed by atoms with Crippen LogP contribution in [0.4, 0.5) is 0 Å². The number of esters is 1. The Morgan fingerprint density at radius 3 is 2.64 bits per heavy atom. The van der Waals surface area contributed by atoms with Crippen molar-refractivity contribution in [3.8, 4) is 5.88 Å². The molecule has 0 bridgehead atoms. The van der Waals surface area contributed by atoms with E-state index in [2.05, 4.69) is 14.9 Å². The highest BCUT2D eigenvalue weighted by atomic mass is 16.5. The fraction of sp³-hybridized carbons (Fsp3) is 0.444. The number of carbonyl (C=O) groups is 1. The van der Waals surface area contributed by atoms with Crippen LogP contribution in [0, 0.1) is 0 Å². The first-order chi connectivity index (χ1) is 6.76. The van der Waals surface area contributed by atoms with Gasteiger partial charge in [0.1, 0.15) is 0 Å². The van der Waals surface area contributed by atoms with Crippen LogP contribution in [-0.4, -0.2) is 30.4 Å². The predicted octanol–water partition coefficient (Wildman–Crippen LogP) is 0.591. The van der Waals surface area contributed by atoms with Crippen LogP contribution in [0.5, 0.6) is 5.88 Å². The minimum Gasteiger partial charge on any atom is -0.480 e. The Balaban J connectivity index is 2.47. The average Bonchev–Trinajstić information content (AvgIpc) is 2.26. The Kier molecular flexibility index (Phi) is 3.84. The summed E-state index contributed by atoms with van der Waals surface area (Å²) in [6.45, 7) is 0.